The van der Waals surface area contributed by atoms with E-state index in [1.54, 1.807) is 0 Å². The van der Waals surface area contributed by atoms with E-state index >= 15 is 0 Å². The van der Waals surface area contributed by atoms with Gasteiger partial charge < -0.3 is 11.8 Å². The van der Waals surface area contributed by atoms with Crippen LogP contribution in [0, 0.1) is 18.8 Å². The fourth-order valence-corrected chi connectivity index (χ4v) is 1.88. The molecule has 1 aromatic heterocycles. The number of nitrogens with zero attached hydrogens (tertiary/aromatic N) is 2. The SMILES string of the molecule is CCCCCCCC[n+]1ccccc1C.[C-]#N. The van der Waals surface area contributed by atoms with Gasteiger partial charge in [0.1, 0.15) is 6.54 Å². The molecule has 94 valence electrons. The molecule has 2 heteroatoms. The number of aryl methyl sites for hydroxylation is 2. The summed E-state index contributed by atoms with van der Waals surface area (Å²) in [5, 5.41) is 6.25. The van der Waals surface area contributed by atoms with Crippen LogP contribution in [0.25, 0.3) is 0 Å². The molecule has 0 radical (unpaired) electrons. The van der Waals surface area contributed by atoms with Gasteiger partial charge in [-0.25, -0.2) is 4.57 Å². The van der Waals surface area contributed by atoms with Crippen molar-refractivity contribution in [3.05, 3.63) is 36.7 Å². The number of unbranched alkanes of at least 4 members (excludes halogenated alkanes) is 5. The summed E-state index contributed by atoms with van der Waals surface area (Å²) < 4.78 is 2.35. The lowest BCUT2D eigenvalue weighted by Crippen LogP contribution is -2.36. The van der Waals surface area contributed by atoms with Crippen molar-refractivity contribution in [3.63, 3.8) is 0 Å². The molecule has 0 atom stereocenters. The molecule has 0 unspecified atom stereocenters. The van der Waals surface area contributed by atoms with Crippen molar-refractivity contribution < 1.29 is 4.57 Å². The van der Waals surface area contributed by atoms with Gasteiger partial charge in [-0.3, -0.25) is 0 Å². The molecule has 17 heavy (non-hydrogen) atoms. The Morgan fingerprint density at radius 1 is 1.06 bits per heavy atom. The van der Waals surface area contributed by atoms with Crippen molar-refractivity contribution in [1.29, 1.82) is 5.26 Å². The van der Waals surface area contributed by atoms with Gasteiger partial charge in [0.25, 0.3) is 0 Å². The molecule has 1 heterocycles. The molecule has 2 nitrogen and oxygen atoms in total. The number of pyridine rings is 1. The van der Waals surface area contributed by atoms with Crippen LogP contribution in [0.3, 0.4) is 0 Å². The fraction of sp³-hybridized carbons (Fsp3) is 0.600. The highest BCUT2D eigenvalue weighted by atomic mass is 14.9. The lowest BCUT2D eigenvalue weighted by molar-refractivity contribution is -0.703. The lowest BCUT2D eigenvalue weighted by Gasteiger charge is -2.00. The van der Waals surface area contributed by atoms with Crippen molar-refractivity contribution in [3.8, 4) is 0 Å². The van der Waals surface area contributed by atoms with Crippen LogP contribution < -0.4 is 4.57 Å². The molecule has 0 saturated heterocycles. The number of hydrogen-bond acceptors (Lipinski definition) is 1. The van der Waals surface area contributed by atoms with Crippen molar-refractivity contribution in [2.24, 2.45) is 0 Å². The first-order chi connectivity index (χ1) is 8.34. The van der Waals surface area contributed by atoms with Gasteiger partial charge in [-0.15, -0.1) is 0 Å². The first kappa shape index (κ1) is 15.6. The zero-order valence-corrected chi connectivity index (χ0v) is 11.2. The van der Waals surface area contributed by atoms with Crippen molar-refractivity contribution in [2.45, 2.75) is 58.9 Å². The quantitative estimate of drug-likeness (QED) is 0.400. The minimum absolute atomic E-state index is 1.18. The summed E-state index contributed by atoms with van der Waals surface area (Å²) in [5.74, 6) is 0. The van der Waals surface area contributed by atoms with Gasteiger partial charge in [-0.1, -0.05) is 38.7 Å². The highest BCUT2D eigenvalue weighted by Crippen LogP contribution is 2.04. The lowest BCUT2D eigenvalue weighted by atomic mass is 10.1. The normalized spacial score (nSPS) is 9.41. The van der Waals surface area contributed by atoms with Gasteiger partial charge in [0.2, 0.25) is 0 Å². The third-order valence-electron chi connectivity index (χ3n) is 2.92. The maximum absolute atomic E-state index is 6.25. The molecule has 1 rings (SSSR count). The third-order valence-corrected chi connectivity index (χ3v) is 2.92. The summed E-state index contributed by atoms with van der Waals surface area (Å²) in [7, 11) is 0. The summed E-state index contributed by atoms with van der Waals surface area (Å²) in [6, 6.07) is 6.40. The minimum Gasteiger partial charge on any atom is -0.512 e. The second-order valence-corrected chi connectivity index (χ2v) is 4.30. The van der Waals surface area contributed by atoms with E-state index in [0.717, 1.165) is 0 Å². The van der Waals surface area contributed by atoms with Gasteiger partial charge >= 0.3 is 0 Å². The molecule has 0 N–H and O–H groups in total. The summed E-state index contributed by atoms with van der Waals surface area (Å²) in [6.07, 6.45) is 10.4. The molecule has 1 aromatic rings. The standard InChI is InChI=1S/C14H24N.CN/c1-3-4-5-6-7-9-12-15-13-10-8-11-14(15)2;1-2/h8,10-11,13H,3-7,9,12H2,1-2H3;/q+1;-1. The summed E-state index contributed by atoms with van der Waals surface area (Å²) in [4.78, 5) is 0. The summed E-state index contributed by atoms with van der Waals surface area (Å²) in [6.45, 7) is 10.4. The molecule has 0 saturated carbocycles. The number of hydrogen-bond donors (Lipinski definition) is 0. The van der Waals surface area contributed by atoms with Crippen LogP contribution in [0.1, 0.15) is 51.1 Å². The molecule has 0 fully saturated rings. The summed E-state index contributed by atoms with van der Waals surface area (Å²) in [5.41, 5.74) is 1.37. The van der Waals surface area contributed by atoms with E-state index in [1.165, 1.54) is 50.8 Å². The fourth-order valence-electron chi connectivity index (χ4n) is 1.88. The molecule has 0 spiro atoms. The van der Waals surface area contributed by atoms with E-state index in [1.807, 2.05) is 0 Å². The van der Waals surface area contributed by atoms with Gasteiger partial charge in [-0.2, -0.15) is 0 Å². The molecule has 0 amide bonds. The third kappa shape index (κ3) is 7.52. The number of rotatable bonds is 7. The first-order valence-electron chi connectivity index (χ1n) is 6.52. The van der Waals surface area contributed by atoms with E-state index in [0.29, 0.717) is 0 Å². The maximum atomic E-state index is 6.25. The van der Waals surface area contributed by atoms with E-state index in [9.17, 15) is 0 Å². The Balaban J connectivity index is 0.00000121. The van der Waals surface area contributed by atoms with Gasteiger partial charge in [-0.05, 0) is 6.42 Å². The van der Waals surface area contributed by atoms with Crippen LogP contribution in [0.15, 0.2) is 24.4 Å². The zero-order chi connectivity index (χ0) is 12.9. The monoisotopic (exact) mass is 232 g/mol. The van der Waals surface area contributed by atoms with Crippen molar-refractivity contribution in [1.82, 2.24) is 0 Å². The molecule has 0 aliphatic rings. The highest BCUT2D eigenvalue weighted by molar-refractivity contribution is 4.93. The smallest absolute Gasteiger partial charge is 0.178 e. The Labute approximate surface area is 106 Å². The van der Waals surface area contributed by atoms with Crippen LogP contribution in [0.4, 0.5) is 0 Å². The maximum Gasteiger partial charge on any atom is 0.178 e. The molecule has 0 bridgehead atoms. The van der Waals surface area contributed by atoms with E-state index in [2.05, 4.69) is 42.8 Å². The Hall–Kier alpha value is -1.36. The van der Waals surface area contributed by atoms with Crippen LogP contribution in [-0.4, -0.2) is 0 Å². The minimum atomic E-state index is 1.18. The largest absolute Gasteiger partial charge is 0.512 e. The Morgan fingerprint density at radius 2 is 1.71 bits per heavy atom. The van der Waals surface area contributed by atoms with Crippen LogP contribution in [-0.2, 0) is 6.54 Å². The van der Waals surface area contributed by atoms with E-state index in [4.69, 9.17) is 11.8 Å². The van der Waals surface area contributed by atoms with Gasteiger partial charge in [0.15, 0.2) is 11.9 Å². The first-order valence-corrected chi connectivity index (χ1v) is 6.52. The predicted octanol–water partition coefficient (Wildman–Crippen LogP) is 3.74. The van der Waals surface area contributed by atoms with Crippen molar-refractivity contribution >= 4 is 0 Å². The summed E-state index contributed by atoms with van der Waals surface area (Å²) >= 11 is 0. The molecule has 0 aliphatic heterocycles. The Bertz CT molecular complexity index is 305. The average molecular weight is 232 g/mol. The number of aromatic nitrogens is 1. The van der Waals surface area contributed by atoms with Crippen LogP contribution >= 0.6 is 0 Å². The van der Waals surface area contributed by atoms with Gasteiger partial charge in [0.05, 0.1) is 0 Å². The second-order valence-electron chi connectivity index (χ2n) is 4.30. The van der Waals surface area contributed by atoms with Crippen LogP contribution in [0.2, 0.25) is 0 Å². The topological polar surface area (TPSA) is 27.7 Å². The molecule has 0 aromatic carbocycles. The van der Waals surface area contributed by atoms with E-state index < -0.39 is 0 Å². The Kier molecular flexibility index (Phi) is 10.2. The average Bonchev–Trinajstić information content (AvgIpc) is 2.38. The predicted molar refractivity (Wildman–Crippen MR) is 69.7 cm³/mol. The molecular formula is C15H24N2. The molecule has 0 aliphatic carbocycles. The molecular weight excluding hydrogens is 208 g/mol. The van der Waals surface area contributed by atoms with Gasteiger partial charge in [0, 0.05) is 25.5 Å². The zero-order valence-electron chi connectivity index (χ0n) is 11.2. The van der Waals surface area contributed by atoms with Crippen molar-refractivity contribution in [2.75, 3.05) is 0 Å². The highest BCUT2D eigenvalue weighted by Gasteiger charge is 2.02. The second kappa shape index (κ2) is 11.1. The Morgan fingerprint density at radius 3 is 2.35 bits per heavy atom. The van der Waals surface area contributed by atoms with Crippen LogP contribution in [0.5, 0.6) is 0 Å². The van der Waals surface area contributed by atoms with E-state index in [-0.39, 0.29) is 0 Å².